The number of hydrogen-bond acceptors (Lipinski definition) is 4. The van der Waals surface area contributed by atoms with E-state index in [1.54, 1.807) is 26.4 Å². The van der Waals surface area contributed by atoms with Crippen molar-refractivity contribution in [1.29, 1.82) is 0 Å². The van der Waals surface area contributed by atoms with Crippen LogP contribution in [0.1, 0.15) is 18.9 Å². The lowest BCUT2D eigenvalue weighted by Gasteiger charge is -2.07. The van der Waals surface area contributed by atoms with E-state index in [0.29, 0.717) is 31.3 Å². The Labute approximate surface area is 125 Å². The minimum atomic E-state index is -0.124. The summed E-state index contributed by atoms with van der Waals surface area (Å²) < 4.78 is 15.6. The number of methoxy groups -OCH3 is 2. The Bertz CT molecular complexity index is 471. The maximum atomic E-state index is 11.6. The molecule has 0 heterocycles. The molecule has 5 nitrogen and oxygen atoms in total. The average Bonchev–Trinajstić information content (AvgIpc) is 2.52. The van der Waals surface area contributed by atoms with E-state index in [1.807, 2.05) is 19.1 Å². The Kier molecular flexibility index (Phi) is 7.97. The fourth-order valence-corrected chi connectivity index (χ4v) is 1.72. The second-order valence-electron chi connectivity index (χ2n) is 4.29. The van der Waals surface area contributed by atoms with E-state index in [1.165, 1.54) is 6.08 Å². The molecule has 1 aromatic rings. The molecule has 21 heavy (non-hydrogen) atoms. The highest BCUT2D eigenvalue weighted by Gasteiger charge is 2.03. The van der Waals surface area contributed by atoms with E-state index in [0.717, 1.165) is 12.0 Å². The van der Waals surface area contributed by atoms with Crippen LogP contribution in [0.25, 0.3) is 6.08 Å². The summed E-state index contributed by atoms with van der Waals surface area (Å²) in [6, 6.07) is 5.48. The van der Waals surface area contributed by atoms with Crippen LogP contribution in [0.2, 0.25) is 0 Å². The quantitative estimate of drug-likeness (QED) is 0.560. The van der Waals surface area contributed by atoms with Crippen LogP contribution < -0.4 is 14.8 Å². The van der Waals surface area contributed by atoms with Crippen molar-refractivity contribution in [3.8, 4) is 11.5 Å². The van der Waals surface area contributed by atoms with Gasteiger partial charge in [0.05, 0.1) is 14.2 Å². The van der Waals surface area contributed by atoms with Crippen molar-refractivity contribution in [3.63, 3.8) is 0 Å². The summed E-state index contributed by atoms with van der Waals surface area (Å²) in [5.74, 6) is 1.17. The standard InChI is InChI=1S/C16H23NO4/c1-4-21-11-5-10-17-16(18)9-7-13-6-8-14(19-2)15(12-13)20-3/h6-9,12H,4-5,10-11H2,1-3H3,(H,17,18)/b9-7+. The maximum absolute atomic E-state index is 11.6. The first kappa shape index (κ1) is 17.0. The fourth-order valence-electron chi connectivity index (χ4n) is 1.72. The van der Waals surface area contributed by atoms with E-state index in [4.69, 9.17) is 14.2 Å². The van der Waals surface area contributed by atoms with Crippen molar-refractivity contribution in [1.82, 2.24) is 5.32 Å². The highest BCUT2D eigenvalue weighted by molar-refractivity contribution is 5.91. The number of carbonyl (C=O) groups is 1. The Hall–Kier alpha value is -2.01. The number of nitrogens with one attached hydrogen (secondary N) is 1. The predicted octanol–water partition coefficient (Wildman–Crippen LogP) is 2.26. The van der Waals surface area contributed by atoms with Crippen molar-refractivity contribution in [2.75, 3.05) is 34.0 Å². The molecule has 0 spiro atoms. The third-order valence-corrected chi connectivity index (χ3v) is 2.80. The summed E-state index contributed by atoms with van der Waals surface area (Å²) >= 11 is 0. The van der Waals surface area contributed by atoms with Gasteiger partial charge in [-0.3, -0.25) is 4.79 Å². The number of benzene rings is 1. The largest absolute Gasteiger partial charge is 0.493 e. The van der Waals surface area contributed by atoms with Gasteiger partial charge in [-0.2, -0.15) is 0 Å². The molecule has 0 aliphatic heterocycles. The van der Waals surface area contributed by atoms with Crippen molar-refractivity contribution < 1.29 is 19.0 Å². The molecule has 0 saturated carbocycles. The summed E-state index contributed by atoms with van der Waals surface area (Å²) in [5, 5.41) is 2.80. The molecule has 0 bridgehead atoms. The summed E-state index contributed by atoms with van der Waals surface area (Å²) in [7, 11) is 3.17. The van der Waals surface area contributed by atoms with Crippen molar-refractivity contribution >= 4 is 12.0 Å². The van der Waals surface area contributed by atoms with Crippen LogP contribution in [0.5, 0.6) is 11.5 Å². The normalized spacial score (nSPS) is 10.6. The molecule has 0 aliphatic carbocycles. The number of hydrogen-bond donors (Lipinski definition) is 1. The first-order valence-corrected chi connectivity index (χ1v) is 6.97. The second-order valence-corrected chi connectivity index (χ2v) is 4.29. The number of ether oxygens (including phenoxy) is 3. The molecule has 0 radical (unpaired) electrons. The van der Waals surface area contributed by atoms with Gasteiger partial charge in [-0.1, -0.05) is 6.07 Å². The molecule has 0 aromatic heterocycles. The lowest BCUT2D eigenvalue weighted by molar-refractivity contribution is -0.116. The van der Waals surface area contributed by atoms with Crippen LogP contribution in [0.15, 0.2) is 24.3 Å². The van der Waals surface area contributed by atoms with Gasteiger partial charge in [0.2, 0.25) is 5.91 Å². The Morgan fingerprint density at radius 3 is 2.67 bits per heavy atom. The van der Waals surface area contributed by atoms with Gasteiger partial charge in [-0.15, -0.1) is 0 Å². The Balaban J connectivity index is 2.46. The Morgan fingerprint density at radius 1 is 1.24 bits per heavy atom. The number of rotatable bonds is 9. The molecule has 0 saturated heterocycles. The van der Waals surface area contributed by atoms with Crippen molar-refractivity contribution in [3.05, 3.63) is 29.8 Å². The molecule has 1 rings (SSSR count). The van der Waals surface area contributed by atoms with E-state index < -0.39 is 0 Å². The molecule has 116 valence electrons. The molecule has 0 atom stereocenters. The Morgan fingerprint density at radius 2 is 2.00 bits per heavy atom. The van der Waals surface area contributed by atoms with Gasteiger partial charge in [0.1, 0.15) is 0 Å². The molecule has 5 heteroatoms. The van der Waals surface area contributed by atoms with E-state index in [9.17, 15) is 4.79 Å². The number of carbonyl (C=O) groups excluding carboxylic acids is 1. The molecule has 1 aromatic carbocycles. The molecular weight excluding hydrogens is 270 g/mol. The van der Waals surface area contributed by atoms with Crippen LogP contribution in [0, 0.1) is 0 Å². The van der Waals surface area contributed by atoms with Gasteiger partial charge in [0, 0.05) is 25.8 Å². The lowest BCUT2D eigenvalue weighted by Crippen LogP contribution is -2.23. The molecule has 1 N–H and O–H groups in total. The van der Waals surface area contributed by atoms with Gasteiger partial charge in [-0.05, 0) is 37.1 Å². The van der Waals surface area contributed by atoms with Gasteiger partial charge < -0.3 is 19.5 Å². The highest BCUT2D eigenvalue weighted by atomic mass is 16.5. The van der Waals surface area contributed by atoms with Gasteiger partial charge in [0.15, 0.2) is 11.5 Å². The van der Waals surface area contributed by atoms with Crippen LogP contribution in [0.4, 0.5) is 0 Å². The van der Waals surface area contributed by atoms with Crippen LogP contribution in [-0.4, -0.2) is 39.9 Å². The summed E-state index contributed by atoms with van der Waals surface area (Å²) in [6.07, 6.45) is 4.05. The predicted molar refractivity (Wildman–Crippen MR) is 82.7 cm³/mol. The highest BCUT2D eigenvalue weighted by Crippen LogP contribution is 2.27. The van der Waals surface area contributed by atoms with E-state index >= 15 is 0 Å². The molecular formula is C16H23NO4. The molecule has 0 aliphatic rings. The lowest BCUT2D eigenvalue weighted by atomic mass is 10.2. The third kappa shape index (κ3) is 6.31. The van der Waals surface area contributed by atoms with Crippen molar-refractivity contribution in [2.24, 2.45) is 0 Å². The minimum absolute atomic E-state index is 0.124. The van der Waals surface area contributed by atoms with E-state index in [-0.39, 0.29) is 5.91 Å². The van der Waals surface area contributed by atoms with Gasteiger partial charge >= 0.3 is 0 Å². The zero-order chi connectivity index (χ0) is 15.5. The zero-order valence-corrected chi connectivity index (χ0v) is 12.8. The number of amides is 1. The zero-order valence-electron chi connectivity index (χ0n) is 12.8. The third-order valence-electron chi connectivity index (χ3n) is 2.80. The van der Waals surface area contributed by atoms with Crippen LogP contribution in [0.3, 0.4) is 0 Å². The average molecular weight is 293 g/mol. The fraction of sp³-hybridized carbons (Fsp3) is 0.438. The van der Waals surface area contributed by atoms with E-state index in [2.05, 4.69) is 5.32 Å². The van der Waals surface area contributed by atoms with Gasteiger partial charge in [0.25, 0.3) is 0 Å². The summed E-state index contributed by atoms with van der Waals surface area (Å²) in [4.78, 5) is 11.6. The first-order chi connectivity index (χ1) is 10.2. The minimum Gasteiger partial charge on any atom is -0.493 e. The summed E-state index contributed by atoms with van der Waals surface area (Å²) in [5.41, 5.74) is 0.872. The maximum Gasteiger partial charge on any atom is 0.244 e. The SMILES string of the molecule is CCOCCCNC(=O)/C=C/c1ccc(OC)c(OC)c1. The van der Waals surface area contributed by atoms with Crippen LogP contribution >= 0.6 is 0 Å². The second kappa shape index (κ2) is 9.83. The van der Waals surface area contributed by atoms with Gasteiger partial charge in [-0.25, -0.2) is 0 Å². The summed E-state index contributed by atoms with van der Waals surface area (Å²) in [6.45, 7) is 3.92. The van der Waals surface area contributed by atoms with Crippen molar-refractivity contribution in [2.45, 2.75) is 13.3 Å². The molecule has 0 fully saturated rings. The van der Waals surface area contributed by atoms with Crippen LogP contribution in [-0.2, 0) is 9.53 Å². The molecule has 0 unspecified atom stereocenters. The monoisotopic (exact) mass is 293 g/mol. The smallest absolute Gasteiger partial charge is 0.244 e. The topological polar surface area (TPSA) is 56.8 Å². The molecule has 1 amide bonds. The first-order valence-electron chi connectivity index (χ1n) is 6.97.